The van der Waals surface area contributed by atoms with Gasteiger partial charge in [0.05, 0.1) is 17.7 Å². The summed E-state index contributed by atoms with van der Waals surface area (Å²) in [6.45, 7) is 1.24. The number of sulfonamides is 1. The average Bonchev–Trinajstić information content (AvgIpc) is 3.17. The Morgan fingerprint density at radius 1 is 1.26 bits per heavy atom. The number of benzene rings is 1. The molecule has 1 aromatic heterocycles. The number of thiophene rings is 1. The molecule has 0 saturated carbocycles. The molecule has 8 nitrogen and oxygen atoms in total. The van der Waals surface area contributed by atoms with Crippen LogP contribution in [0.25, 0.3) is 0 Å². The van der Waals surface area contributed by atoms with Crippen molar-refractivity contribution in [1.29, 1.82) is 5.26 Å². The highest BCUT2D eigenvalue weighted by Gasteiger charge is 2.20. The summed E-state index contributed by atoms with van der Waals surface area (Å²) >= 11 is 1.06. The number of anilines is 1. The van der Waals surface area contributed by atoms with Crippen molar-refractivity contribution in [3.05, 3.63) is 47.3 Å². The summed E-state index contributed by atoms with van der Waals surface area (Å²) in [5, 5.41) is 13.2. The van der Waals surface area contributed by atoms with Crippen LogP contribution in [-0.4, -0.2) is 32.9 Å². The molecule has 1 atom stereocenters. The first kappa shape index (κ1) is 20.6. The van der Waals surface area contributed by atoms with E-state index in [2.05, 4.69) is 10.0 Å². The number of carbonyl (C=O) groups excluding carboxylic acids is 2. The normalized spacial score (nSPS) is 12.0. The van der Waals surface area contributed by atoms with E-state index in [0.29, 0.717) is 5.69 Å². The lowest BCUT2D eigenvalue weighted by molar-refractivity contribution is -0.152. The Morgan fingerprint density at radius 2 is 2.00 bits per heavy atom. The third kappa shape index (κ3) is 5.89. The fourth-order valence-electron chi connectivity index (χ4n) is 2.01. The van der Waals surface area contributed by atoms with Gasteiger partial charge in [-0.2, -0.15) is 5.26 Å². The molecule has 0 bridgehead atoms. The number of para-hydroxylation sites is 1. The van der Waals surface area contributed by atoms with Gasteiger partial charge in [0, 0.05) is 6.54 Å². The Morgan fingerprint density at radius 3 is 2.67 bits per heavy atom. The molecule has 0 radical (unpaired) electrons. The molecule has 0 aliphatic carbocycles. The number of rotatable bonds is 8. The van der Waals surface area contributed by atoms with Crippen LogP contribution in [0.3, 0.4) is 0 Å². The summed E-state index contributed by atoms with van der Waals surface area (Å²) in [6.07, 6.45) is -1.32. The van der Waals surface area contributed by atoms with Crippen LogP contribution in [0.4, 0.5) is 5.69 Å². The monoisotopic (exact) mass is 407 g/mol. The highest BCUT2D eigenvalue weighted by atomic mass is 32.2. The van der Waals surface area contributed by atoms with Crippen molar-refractivity contribution in [2.24, 2.45) is 0 Å². The van der Waals surface area contributed by atoms with Crippen LogP contribution in [0.5, 0.6) is 0 Å². The maximum absolute atomic E-state index is 12.1. The minimum atomic E-state index is -3.65. The zero-order valence-corrected chi connectivity index (χ0v) is 16.0. The lowest BCUT2D eigenvalue weighted by atomic mass is 10.2. The molecule has 10 heteroatoms. The number of nitrogens with zero attached hydrogens (tertiary/aromatic N) is 1. The van der Waals surface area contributed by atoms with Crippen LogP contribution >= 0.6 is 11.3 Å². The molecule has 27 heavy (non-hydrogen) atoms. The van der Waals surface area contributed by atoms with E-state index in [9.17, 15) is 18.0 Å². The van der Waals surface area contributed by atoms with E-state index in [4.69, 9.17) is 10.00 Å². The van der Waals surface area contributed by atoms with E-state index < -0.39 is 28.0 Å². The smallest absolute Gasteiger partial charge is 0.307 e. The average molecular weight is 407 g/mol. The maximum atomic E-state index is 12.1. The molecule has 1 aromatic carbocycles. The van der Waals surface area contributed by atoms with Gasteiger partial charge in [-0.1, -0.05) is 18.2 Å². The topological polar surface area (TPSA) is 125 Å². The van der Waals surface area contributed by atoms with Crippen LogP contribution in [0.15, 0.2) is 46.0 Å². The molecule has 0 fully saturated rings. The number of hydrogen-bond donors (Lipinski definition) is 2. The summed E-state index contributed by atoms with van der Waals surface area (Å²) in [7, 11) is -3.65. The second kappa shape index (κ2) is 9.27. The number of carbonyl (C=O) groups is 2. The highest BCUT2D eigenvalue weighted by molar-refractivity contribution is 7.91. The lowest BCUT2D eigenvalue weighted by Gasteiger charge is -2.14. The van der Waals surface area contributed by atoms with E-state index in [1.165, 1.54) is 13.0 Å². The summed E-state index contributed by atoms with van der Waals surface area (Å²) < 4.78 is 31.3. The molecule has 0 aliphatic heterocycles. The summed E-state index contributed by atoms with van der Waals surface area (Å²) in [6, 6.07) is 11.4. The molecule has 0 saturated heterocycles. The minimum absolute atomic E-state index is 0.148. The van der Waals surface area contributed by atoms with Crippen molar-refractivity contribution >= 4 is 38.9 Å². The first-order chi connectivity index (χ1) is 12.8. The van der Waals surface area contributed by atoms with Gasteiger partial charge in [0.2, 0.25) is 10.0 Å². The van der Waals surface area contributed by atoms with E-state index in [0.717, 1.165) is 11.3 Å². The zero-order valence-electron chi connectivity index (χ0n) is 14.3. The van der Waals surface area contributed by atoms with Crippen LogP contribution in [0, 0.1) is 11.3 Å². The number of amides is 1. The Kier molecular flexibility index (Phi) is 7.06. The van der Waals surface area contributed by atoms with Crippen molar-refractivity contribution in [2.45, 2.75) is 23.7 Å². The fraction of sp³-hybridized carbons (Fsp3) is 0.235. The minimum Gasteiger partial charge on any atom is -0.452 e. The van der Waals surface area contributed by atoms with Gasteiger partial charge in [0.25, 0.3) is 5.91 Å². The van der Waals surface area contributed by atoms with Crippen molar-refractivity contribution in [2.75, 3.05) is 11.9 Å². The first-order valence-corrected chi connectivity index (χ1v) is 10.2. The molecule has 2 N–H and O–H groups in total. The third-order valence-electron chi connectivity index (χ3n) is 3.36. The van der Waals surface area contributed by atoms with Gasteiger partial charge in [-0.15, -0.1) is 11.3 Å². The number of nitriles is 1. The molecular formula is C17H17N3O5S2. The highest BCUT2D eigenvalue weighted by Crippen LogP contribution is 2.15. The second-order valence-corrected chi connectivity index (χ2v) is 8.30. The van der Waals surface area contributed by atoms with Crippen LogP contribution in [0.2, 0.25) is 0 Å². The van der Waals surface area contributed by atoms with Gasteiger partial charge in [-0.3, -0.25) is 9.59 Å². The van der Waals surface area contributed by atoms with Crippen molar-refractivity contribution in [1.82, 2.24) is 4.72 Å². The zero-order chi connectivity index (χ0) is 19.9. The first-order valence-electron chi connectivity index (χ1n) is 7.86. The van der Waals surface area contributed by atoms with Gasteiger partial charge in [-0.05, 0) is 30.5 Å². The van der Waals surface area contributed by atoms with Gasteiger partial charge in [-0.25, -0.2) is 13.1 Å². The third-order valence-corrected chi connectivity index (χ3v) is 6.22. The molecule has 0 unspecified atom stereocenters. The Hall–Kier alpha value is -2.74. The van der Waals surface area contributed by atoms with E-state index in [-0.39, 0.29) is 22.7 Å². The van der Waals surface area contributed by atoms with Gasteiger partial charge in [0.15, 0.2) is 6.10 Å². The van der Waals surface area contributed by atoms with Gasteiger partial charge < -0.3 is 10.1 Å². The SMILES string of the molecule is C[C@H](OC(=O)CCNS(=O)(=O)c1cccs1)C(=O)Nc1ccccc1C#N. The maximum Gasteiger partial charge on any atom is 0.307 e. The summed E-state index contributed by atoms with van der Waals surface area (Å²) in [5.41, 5.74) is 0.601. The fourth-order valence-corrected chi connectivity index (χ4v) is 4.08. The molecule has 142 valence electrons. The molecule has 0 spiro atoms. The molecule has 2 rings (SSSR count). The molecule has 1 amide bonds. The van der Waals surface area contributed by atoms with Crippen LogP contribution < -0.4 is 10.0 Å². The predicted molar refractivity (Wildman–Crippen MR) is 99.5 cm³/mol. The Bertz CT molecular complexity index is 949. The molecule has 0 aliphatic rings. The lowest BCUT2D eigenvalue weighted by Crippen LogP contribution is -2.32. The number of ether oxygens (including phenoxy) is 1. The molecule has 1 heterocycles. The summed E-state index contributed by atoms with van der Waals surface area (Å²) in [5.74, 6) is -1.31. The predicted octanol–water partition coefficient (Wildman–Crippen LogP) is 1.86. The largest absolute Gasteiger partial charge is 0.452 e. The number of esters is 1. The van der Waals surface area contributed by atoms with Gasteiger partial charge >= 0.3 is 5.97 Å². The van der Waals surface area contributed by atoms with E-state index in [1.807, 2.05) is 6.07 Å². The van der Waals surface area contributed by atoms with Crippen molar-refractivity contribution in [3.8, 4) is 6.07 Å². The molecule has 2 aromatic rings. The summed E-state index contributed by atoms with van der Waals surface area (Å²) in [4.78, 5) is 23.9. The second-order valence-electron chi connectivity index (χ2n) is 5.36. The van der Waals surface area contributed by atoms with Crippen LogP contribution in [-0.2, 0) is 24.3 Å². The molecular weight excluding hydrogens is 390 g/mol. The van der Waals surface area contributed by atoms with Gasteiger partial charge in [0.1, 0.15) is 10.3 Å². The van der Waals surface area contributed by atoms with Crippen LogP contribution in [0.1, 0.15) is 18.9 Å². The van der Waals surface area contributed by atoms with E-state index in [1.54, 1.807) is 35.7 Å². The number of hydrogen-bond acceptors (Lipinski definition) is 7. The van der Waals surface area contributed by atoms with Crippen molar-refractivity contribution < 1.29 is 22.7 Å². The Labute approximate surface area is 160 Å². The quantitative estimate of drug-likeness (QED) is 0.644. The Balaban J connectivity index is 1.81. The van der Waals surface area contributed by atoms with Crippen molar-refractivity contribution in [3.63, 3.8) is 0 Å². The standard InChI is InChI=1S/C17H17N3O5S2/c1-12(17(22)20-14-6-3-2-5-13(14)11-18)25-15(21)8-9-19-27(23,24)16-7-4-10-26-16/h2-7,10,12,19H,8-9H2,1H3,(H,20,22)/t12-/m0/s1. The number of nitrogens with one attached hydrogen (secondary N) is 2. The van der Waals surface area contributed by atoms with E-state index >= 15 is 0 Å².